The predicted octanol–water partition coefficient (Wildman–Crippen LogP) is 1.19. The molecule has 0 aromatic heterocycles. The van der Waals surface area contributed by atoms with Crippen LogP contribution in [0.3, 0.4) is 0 Å². The second kappa shape index (κ2) is 6.78. The first kappa shape index (κ1) is 17.3. The lowest BCUT2D eigenvalue weighted by atomic mass is 10.3. The lowest BCUT2D eigenvalue weighted by molar-refractivity contribution is -0.385. The van der Waals surface area contributed by atoms with Crippen molar-refractivity contribution in [3.05, 3.63) is 28.1 Å². The number of nitro benzene ring substituents is 1. The fraction of sp³-hybridized carbons (Fsp3) is 0.455. The Balaban J connectivity index is 3.10. The number of nitrogens with zero attached hydrogens (tertiary/aromatic N) is 1. The maximum absolute atomic E-state index is 13.8. The third kappa shape index (κ3) is 4.92. The van der Waals surface area contributed by atoms with Crippen molar-refractivity contribution in [1.29, 1.82) is 0 Å². The van der Waals surface area contributed by atoms with Crippen LogP contribution in [-0.2, 0) is 14.8 Å². The summed E-state index contributed by atoms with van der Waals surface area (Å²) in [6.07, 6.45) is -0.0759. The lowest BCUT2D eigenvalue weighted by Crippen LogP contribution is -2.17. The third-order valence-electron chi connectivity index (χ3n) is 2.29. The molecule has 0 radical (unpaired) electrons. The van der Waals surface area contributed by atoms with E-state index >= 15 is 0 Å². The number of non-ortho nitro benzene ring substituents is 1. The van der Waals surface area contributed by atoms with Crippen molar-refractivity contribution in [2.24, 2.45) is 5.14 Å². The lowest BCUT2D eigenvalue weighted by Gasteiger charge is -2.12. The van der Waals surface area contributed by atoms with E-state index in [-0.39, 0.29) is 19.3 Å². The van der Waals surface area contributed by atoms with Crippen molar-refractivity contribution in [1.82, 2.24) is 0 Å². The van der Waals surface area contributed by atoms with E-state index in [1.165, 1.54) is 0 Å². The number of halogens is 1. The van der Waals surface area contributed by atoms with E-state index in [2.05, 4.69) is 0 Å². The molecule has 0 atom stereocenters. The van der Waals surface area contributed by atoms with Gasteiger partial charge < -0.3 is 9.47 Å². The number of nitro groups is 1. The molecule has 118 valence electrons. The van der Waals surface area contributed by atoms with Crippen LogP contribution in [0.4, 0.5) is 10.1 Å². The summed E-state index contributed by atoms with van der Waals surface area (Å²) < 4.78 is 46.7. The topological polar surface area (TPSA) is 122 Å². The summed E-state index contributed by atoms with van der Waals surface area (Å²) in [5.41, 5.74) is -0.734. The van der Waals surface area contributed by atoms with Crippen LogP contribution >= 0.6 is 0 Å². The Hall–Kier alpha value is -1.78. The molecule has 0 aliphatic carbocycles. The number of nitrogens with two attached hydrogens (primary N) is 1. The van der Waals surface area contributed by atoms with Gasteiger partial charge in [0.2, 0.25) is 10.0 Å². The molecule has 8 nitrogen and oxygen atoms in total. The van der Waals surface area contributed by atoms with Gasteiger partial charge in [0.05, 0.1) is 23.7 Å². The zero-order chi connectivity index (χ0) is 16.2. The number of primary sulfonamides is 1. The van der Waals surface area contributed by atoms with E-state index in [1.54, 1.807) is 13.8 Å². The van der Waals surface area contributed by atoms with Crippen LogP contribution in [0, 0.1) is 15.9 Å². The zero-order valence-electron chi connectivity index (χ0n) is 11.4. The van der Waals surface area contributed by atoms with Gasteiger partial charge in [0.25, 0.3) is 5.69 Å². The molecule has 2 N–H and O–H groups in total. The highest BCUT2D eigenvalue weighted by atomic mass is 32.2. The molecule has 0 saturated carbocycles. The van der Waals surface area contributed by atoms with Crippen LogP contribution in [-0.4, -0.2) is 32.7 Å². The minimum Gasteiger partial charge on any atom is -0.487 e. The Morgan fingerprint density at radius 3 is 2.48 bits per heavy atom. The molecule has 0 unspecified atom stereocenters. The summed E-state index contributed by atoms with van der Waals surface area (Å²) in [5.74, 6) is -1.84. The highest BCUT2D eigenvalue weighted by Crippen LogP contribution is 2.31. The summed E-state index contributed by atoms with van der Waals surface area (Å²) in [6, 6.07) is 1.21. The van der Waals surface area contributed by atoms with Crippen LogP contribution in [0.25, 0.3) is 0 Å². The van der Waals surface area contributed by atoms with Crippen molar-refractivity contribution >= 4 is 15.7 Å². The third-order valence-corrected chi connectivity index (χ3v) is 3.21. The fourth-order valence-corrected chi connectivity index (χ4v) is 2.14. The van der Waals surface area contributed by atoms with Crippen LogP contribution in [0.2, 0.25) is 0 Å². The number of hydrogen-bond acceptors (Lipinski definition) is 6. The summed E-state index contributed by atoms with van der Waals surface area (Å²) in [4.78, 5) is 8.92. The van der Waals surface area contributed by atoms with Gasteiger partial charge in [-0.3, -0.25) is 10.1 Å². The summed E-state index contributed by atoms with van der Waals surface area (Å²) >= 11 is 0. The molecule has 10 heteroatoms. The van der Waals surface area contributed by atoms with Crippen LogP contribution in [0.1, 0.15) is 13.8 Å². The molecule has 0 aliphatic rings. The average Bonchev–Trinajstić information content (AvgIpc) is 2.33. The molecular weight excluding hydrogens is 307 g/mol. The van der Waals surface area contributed by atoms with Crippen molar-refractivity contribution in [2.75, 3.05) is 13.2 Å². The molecule has 0 saturated heterocycles. The zero-order valence-corrected chi connectivity index (χ0v) is 12.2. The monoisotopic (exact) mass is 322 g/mol. The average molecular weight is 322 g/mol. The summed E-state index contributed by atoms with van der Waals surface area (Å²) in [7, 11) is -4.38. The van der Waals surface area contributed by atoms with E-state index in [0.717, 1.165) is 0 Å². The Bertz CT molecular complexity index is 632. The Morgan fingerprint density at radius 1 is 1.38 bits per heavy atom. The molecule has 0 fully saturated rings. The number of rotatable bonds is 7. The van der Waals surface area contributed by atoms with Gasteiger partial charge >= 0.3 is 0 Å². The molecule has 0 amide bonds. The number of ether oxygens (including phenoxy) is 2. The molecule has 1 aromatic rings. The number of hydrogen-bond donors (Lipinski definition) is 1. The van der Waals surface area contributed by atoms with E-state index in [1.807, 2.05) is 0 Å². The van der Waals surface area contributed by atoms with Crippen molar-refractivity contribution in [3.63, 3.8) is 0 Å². The van der Waals surface area contributed by atoms with Crippen molar-refractivity contribution < 1.29 is 27.2 Å². The van der Waals surface area contributed by atoms with Crippen LogP contribution < -0.4 is 9.88 Å². The summed E-state index contributed by atoms with van der Waals surface area (Å²) in [6.45, 7) is 3.53. The molecule has 0 heterocycles. The number of sulfonamides is 1. The van der Waals surface area contributed by atoms with E-state index < -0.39 is 37.1 Å². The van der Waals surface area contributed by atoms with Crippen molar-refractivity contribution in [2.45, 2.75) is 24.8 Å². The fourth-order valence-electron chi connectivity index (χ4n) is 1.44. The Morgan fingerprint density at radius 2 is 2.00 bits per heavy atom. The highest BCUT2D eigenvalue weighted by Gasteiger charge is 2.24. The minimum atomic E-state index is -4.38. The SMILES string of the molecule is CC(C)OCCOc1c(F)cc([N+](=O)[O-])cc1S(N)(=O)=O. The van der Waals surface area contributed by atoms with Crippen LogP contribution in [0.15, 0.2) is 17.0 Å². The van der Waals surface area contributed by atoms with Gasteiger partial charge in [-0.05, 0) is 13.8 Å². The van der Waals surface area contributed by atoms with Gasteiger partial charge in [-0.2, -0.15) is 0 Å². The molecule has 1 rings (SSSR count). The van der Waals surface area contributed by atoms with E-state index in [0.29, 0.717) is 12.1 Å². The molecular formula is C11H15FN2O6S. The minimum absolute atomic E-state index is 0.0759. The van der Waals surface area contributed by atoms with Gasteiger partial charge in [-0.15, -0.1) is 0 Å². The van der Waals surface area contributed by atoms with Gasteiger partial charge in [-0.25, -0.2) is 17.9 Å². The maximum atomic E-state index is 13.8. The van der Waals surface area contributed by atoms with Crippen molar-refractivity contribution in [3.8, 4) is 5.75 Å². The van der Waals surface area contributed by atoms with E-state index in [9.17, 15) is 22.9 Å². The predicted molar refractivity (Wildman–Crippen MR) is 71.0 cm³/mol. The smallest absolute Gasteiger partial charge is 0.274 e. The standard InChI is InChI=1S/C11H15FN2O6S/c1-7(2)19-3-4-20-11-9(12)5-8(14(15)16)6-10(11)21(13,17)18/h5-7H,3-4H2,1-2H3,(H2,13,17,18). The molecule has 21 heavy (non-hydrogen) atoms. The second-order valence-corrected chi connectivity index (χ2v) is 5.85. The Labute approximate surface area is 120 Å². The molecule has 0 bridgehead atoms. The normalized spacial score (nSPS) is 11.7. The Kier molecular flexibility index (Phi) is 5.58. The van der Waals surface area contributed by atoms with Gasteiger partial charge in [0.15, 0.2) is 11.6 Å². The first-order valence-corrected chi connectivity index (χ1v) is 7.42. The first-order valence-electron chi connectivity index (χ1n) is 5.88. The summed E-state index contributed by atoms with van der Waals surface area (Å²) in [5, 5.41) is 15.5. The first-order chi connectivity index (χ1) is 9.62. The van der Waals surface area contributed by atoms with Gasteiger partial charge in [-0.1, -0.05) is 0 Å². The highest BCUT2D eigenvalue weighted by molar-refractivity contribution is 7.89. The molecule has 0 aliphatic heterocycles. The largest absolute Gasteiger partial charge is 0.487 e. The quantitative estimate of drug-likeness (QED) is 0.457. The van der Waals surface area contributed by atoms with Gasteiger partial charge in [0, 0.05) is 6.07 Å². The molecule has 1 aromatic carbocycles. The number of benzene rings is 1. The second-order valence-electron chi connectivity index (χ2n) is 4.32. The maximum Gasteiger partial charge on any atom is 0.274 e. The molecule has 0 spiro atoms. The van der Waals surface area contributed by atoms with Crippen LogP contribution in [0.5, 0.6) is 5.75 Å². The van der Waals surface area contributed by atoms with Gasteiger partial charge in [0.1, 0.15) is 11.5 Å². The van der Waals surface area contributed by atoms with E-state index in [4.69, 9.17) is 14.6 Å².